The summed E-state index contributed by atoms with van der Waals surface area (Å²) in [5.74, 6) is -7.64. The Morgan fingerprint density at radius 3 is 2.23 bits per heavy atom. The van der Waals surface area contributed by atoms with Gasteiger partial charge in [0.2, 0.25) is 11.7 Å². The number of phenolic OH excluding ortho intramolecular Hbond substituents is 1. The fraction of sp³-hybridized carbons (Fsp3) is 0.600. The van der Waals surface area contributed by atoms with Gasteiger partial charge < -0.3 is 41.3 Å². The van der Waals surface area contributed by atoms with Crippen molar-refractivity contribution in [1.82, 2.24) is 9.80 Å². The number of Topliss-reactive ketones (excluding diaryl/α,β-unsaturated/α-hetero) is 2. The summed E-state index contributed by atoms with van der Waals surface area (Å²) >= 11 is 0. The lowest BCUT2D eigenvalue weighted by atomic mass is 9.57. The molecule has 0 spiro atoms. The number of carbonyl (C=O) groups excluding carboxylic acids is 4. The Hall–Kier alpha value is -3.94. The molecule has 1 heterocycles. The maximum Gasteiger partial charge on any atom is 0.255 e. The Balaban J connectivity index is 1.35. The highest BCUT2D eigenvalue weighted by Crippen LogP contribution is 2.54. The second kappa shape index (κ2) is 12.5. The van der Waals surface area contributed by atoms with Crippen LogP contribution in [-0.2, 0) is 25.6 Å². The molecule has 0 radical (unpaired) electrons. The minimum absolute atomic E-state index is 0.00255. The standard InChI is InChI=1S/C35H47N5O8/c1-38(2)23-16-22(37-34(47)17-10-12-40(13-11-17)19-8-6-5-7-9-19)28(41)25-20(23)14-18-15-21-27(39(3)4)30(43)26(33(36)46)32(45)35(21,48)31(44)24(18)29(25)42/h16-19,21,27,41-42,45,48H,5-15H2,1-4H3,(H2,36,46)(H,37,47)/t18?,21?,27-,35-/m0/s1. The van der Waals surface area contributed by atoms with E-state index in [9.17, 15) is 39.6 Å². The summed E-state index contributed by atoms with van der Waals surface area (Å²) < 4.78 is 0. The first-order valence-corrected chi connectivity index (χ1v) is 16.9. The third-order valence-electron chi connectivity index (χ3n) is 11.4. The van der Waals surface area contributed by atoms with Crippen molar-refractivity contribution in [3.63, 3.8) is 0 Å². The summed E-state index contributed by atoms with van der Waals surface area (Å²) in [6.45, 7) is 1.67. The van der Waals surface area contributed by atoms with Crippen molar-refractivity contribution in [1.29, 1.82) is 0 Å². The predicted octanol–water partition coefficient (Wildman–Crippen LogP) is 2.01. The van der Waals surface area contributed by atoms with Crippen LogP contribution in [0.4, 0.5) is 11.4 Å². The lowest BCUT2D eigenvalue weighted by molar-refractivity contribution is -0.153. The molecular formula is C35H47N5O8. The number of aromatic hydroxyl groups is 1. The summed E-state index contributed by atoms with van der Waals surface area (Å²) in [6, 6.07) is 1.08. The van der Waals surface area contributed by atoms with Gasteiger partial charge in [0.1, 0.15) is 22.8 Å². The molecule has 7 N–H and O–H groups in total. The molecule has 4 aliphatic carbocycles. The Kier molecular flexibility index (Phi) is 8.84. The van der Waals surface area contributed by atoms with Crippen molar-refractivity contribution in [3.8, 4) is 5.75 Å². The number of hydrogen-bond acceptors (Lipinski definition) is 11. The molecule has 260 valence electrons. The second-order valence-corrected chi connectivity index (χ2v) is 14.6. The smallest absolute Gasteiger partial charge is 0.255 e. The highest BCUT2D eigenvalue weighted by Gasteiger charge is 2.64. The van der Waals surface area contributed by atoms with Gasteiger partial charge in [0.25, 0.3) is 5.91 Å². The summed E-state index contributed by atoms with van der Waals surface area (Å²) in [5.41, 5.74) is 2.77. The predicted molar refractivity (Wildman–Crippen MR) is 178 cm³/mol. The number of benzene rings is 1. The molecule has 4 atom stereocenters. The molecule has 3 fully saturated rings. The van der Waals surface area contributed by atoms with Gasteiger partial charge in [0, 0.05) is 43.2 Å². The molecule has 13 heteroatoms. The summed E-state index contributed by atoms with van der Waals surface area (Å²) in [6.07, 6.45) is 7.71. The molecular weight excluding hydrogens is 618 g/mol. The molecule has 1 saturated heterocycles. The van der Waals surface area contributed by atoms with Crippen LogP contribution in [0.2, 0.25) is 0 Å². The van der Waals surface area contributed by atoms with Crippen LogP contribution in [0.15, 0.2) is 23.0 Å². The van der Waals surface area contributed by atoms with Crippen molar-refractivity contribution in [2.24, 2.45) is 23.5 Å². The van der Waals surface area contributed by atoms with Gasteiger partial charge in [-0.2, -0.15) is 0 Å². The van der Waals surface area contributed by atoms with Crippen LogP contribution in [0, 0.1) is 17.8 Å². The minimum Gasteiger partial charge on any atom is -0.508 e. The number of aliphatic hydroxyl groups is 3. The molecule has 2 saturated carbocycles. The van der Waals surface area contributed by atoms with E-state index in [0.717, 1.165) is 13.1 Å². The molecule has 0 aromatic heterocycles. The topological polar surface area (TPSA) is 197 Å². The van der Waals surface area contributed by atoms with E-state index in [-0.39, 0.29) is 41.5 Å². The molecule has 5 aliphatic rings. The van der Waals surface area contributed by atoms with Crippen LogP contribution in [0.25, 0.3) is 5.76 Å². The third kappa shape index (κ3) is 5.26. The molecule has 1 aromatic rings. The minimum atomic E-state index is -2.72. The van der Waals surface area contributed by atoms with Crippen LogP contribution in [-0.4, -0.2) is 113 Å². The Bertz CT molecular complexity index is 1620. The number of rotatable bonds is 6. The van der Waals surface area contributed by atoms with E-state index in [1.807, 2.05) is 0 Å². The van der Waals surface area contributed by atoms with Gasteiger partial charge in [0.15, 0.2) is 11.4 Å². The van der Waals surface area contributed by atoms with Crippen molar-refractivity contribution in [2.75, 3.05) is 51.5 Å². The number of likely N-dealkylation sites (N-methyl/N-ethyl adjacent to an activating group) is 1. The number of amides is 2. The van der Waals surface area contributed by atoms with E-state index < -0.39 is 63.8 Å². The number of phenols is 1. The van der Waals surface area contributed by atoms with Gasteiger partial charge in [0.05, 0.1) is 17.3 Å². The first-order valence-electron chi connectivity index (χ1n) is 16.9. The average molecular weight is 666 g/mol. The lowest BCUT2D eigenvalue weighted by Crippen LogP contribution is -2.65. The van der Waals surface area contributed by atoms with E-state index in [1.54, 1.807) is 39.2 Å². The number of primary amides is 1. The Morgan fingerprint density at radius 1 is 1.00 bits per heavy atom. The zero-order valence-corrected chi connectivity index (χ0v) is 28.1. The molecule has 2 unspecified atom stereocenters. The van der Waals surface area contributed by atoms with Crippen molar-refractivity contribution >= 4 is 40.5 Å². The number of piperidine rings is 1. The number of carbonyl (C=O) groups is 4. The largest absolute Gasteiger partial charge is 0.508 e. The molecule has 1 aliphatic heterocycles. The number of likely N-dealkylation sites (tertiary alicyclic amines) is 1. The summed E-state index contributed by atoms with van der Waals surface area (Å²) in [4.78, 5) is 59.1. The fourth-order valence-corrected chi connectivity index (χ4v) is 8.99. The molecule has 1 aromatic carbocycles. The van der Waals surface area contributed by atoms with Crippen LogP contribution < -0.4 is 16.0 Å². The first kappa shape index (κ1) is 33.9. The van der Waals surface area contributed by atoms with E-state index in [0.29, 0.717) is 30.1 Å². The number of nitrogens with two attached hydrogens (primary N) is 1. The molecule has 0 bridgehead atoms. The van der Waals surface area contributed by atoms with Crippen molar-refractivity contribution in [2.45, 2.75) is 75.5 Å². The van der Waals surface area contributed by atoms with Gasteiger partial charge in [-0.1, -0.05) is 19.3 Å². The second-order valence-electron chi connectivity index (χ2n) is 14.6. The molecule has 13 nitrogen and oxygen atoms in total. The monoisotopic (exact) mass is 665 g/mol. The highest BCUT2D eigenvalue weighted by atomic mass is 16.3. The van der Waals surface area contributed by atoms with Crippen LogP contribution in [0.3, 0.4) is 0 Å². The van der Waals surface area contributed by atoms with Gasteiger partial charge in [-0.05, 0) is 83.3 Å². The summed E-state index contributed by atoms with van der Waals surface area (Å²) in [7, 11) is 6.70. The number of anilines is 2. The van der Waals surface area contributed by atoms with Gasteiger partial charge in [-0.3, -0.25) is 24.1 Å². The molecule has 2 amide bonds. The normalized spacial score (nSPS) is 28.7. The zero-order valence-electron chi connectivity index (χ0n) is 28.1. The maximum atomic E-state index is 14.2. The quantitative estimate of drug-likeness (QED) is 0.192. The van der Waals surface area contributed by atoms with E-state index in [4.69, 9.17) is 5.73 Å². The summed E-state index contributed by atoms with van der Waals surface area (Å²) in [5, 5.41) is 49.2. The number of aliphatic hydroxyl groups excluding tert-OH is 2. The van der Waals surface area contributed by atoms with Crippen LogP contribution in [0.1, 0.15) is 62.5 Å². The van der Waals surface area contributed by atoms with Crippen molar-refractivity contribution in [3.05, 3.63) is 34.1 Å². The van der Waals surface area contributed by atoms with Gasteiger partial charge in [-0.25, -0.2) is 0 Å². The Labute approximate surface area is 280 Å². The van der Waals surface area contributed by atoms with E-state index in [1.165, 1.54) is 37.0 Å². The fourth-order valence-electron chi connectivity index (χ4n) is 8.99. The first-order chi connectivity index (χ1) is 22.7. The van der Waals surface area contributed by atoms with Crippen LogP contribution in [0.5, 0.6) is 5.75 Å². The SMILES string of the molecule is CN(C)c1cc(NC(=O)C2CCN(C3CCCCC3)CC2)c(O)c2c1CC1CC3[C@H](N(C)C)C(=O)C(C(N)=O)=C(O)[C@@]3(O)C(=O)C1=C2O. The number of hydrogen-bond donors (Lipinski definition) is 6. The van der Waals surface area contributed by atoms with Gasteiger partial charge >= 0.3 is 0 Å². The Morgan fingerprint density at radius 2 is 1.65 bits per heavy atom. The van der Waals surface area contributed by atoms with Gasteiger partial charge in [-0.15, -0.1) is 0 Å². The third-order valence-corrected chi connectivity index (χ3v) is 11.4. The number of fused-ring (bicyclic) bond motifs is 3. The van der Waals surface area contributed by atoms with E-state index >= 15 is 0 Å². The average Bonchev–Trinajstić information content (AvgIpc) is 3.04. The molecule has 48 heavy (non-hydrogen) atoms. The number of ketones is 2. The van der Waals surface area contributed by atoms with E-state index in [2.05, 4.69) is 10.2 Å². The van der Waals surface area contributed by atoms with Crippen molar-refractivity contribution < 1.29 is 39.6 Å². The highest BCUT2D eigenvalue weighted by molar-refractivity contribution is 6.24. The lowest BCUT2D eigenvalue weighted by Gasteiger charge is -2.50. The number of nitrogens with one attached hydrogen (secondary N) is 1. The maximum absolute atomic E-state index is 14.2. The van der Waals surface area contributed by atoms with Crippen LogP contribution >= 0.6 is 0 Å². The molecule has 6 rings (SSSR count). The zero-order chi connectivity index (χ0) is 34.8. The number of nitrogens with zero attached hydrogens (tertiary/aromatic N) is 3.